The summed E-state index contributed by atoms with van der Waals surface area (Å²) in [5, 5.41) is 17.1. The largest absolute Gasteiger partial charge is 0.545 e. The van der Waals surface area contributed by atoms with Crippen molar-refractivity contribution >= 4 is 29.2 Å². The molecule has 33 heavy (non-hydrogen) atoms. The Bertz CT molecular complexity index is 1110. The molecule has 2 atom stereocenters. The molecule has 0 unspecified atom stereocenters. The number of nitrogens with one attached hydrogen (secondary N) is 2. The number of carbonyl (C=O) groups excluding carboxylic acids is 3. The number of benzene rings is 3. The van der Waals surface area contributed by atoms with Gasteiger partial charge in [-0.15, -0.1) is 0 Å². The van der Waals surface area contributed by atoms with Crippen LogP contribution in [0.1, 0.15) is 60.0 Å². The van der Waals surface area contributed by atoms with Crippen LogP contribution < -0.4 is 15.7 Å². The fourth-order valence-electron chi connectivity index (χ4n) is 3.84. The summed E-state index contributed by atoms with van der Waals surface area (Å²) in [4.78, 5) is 37.6. The molecule has 3 rings (SSSR count). The van der Waals surface area contributed by atoms with E-state index in [0.717, 1.165) is 11.1 Å². The molecule has 0 fully saturated rings. The smallest absolute Gasteiger partial charge is 0.231 e. The van der Waals surface area contributed by atoms with Crippen LogP contribution in [0.15, 0.2) is 78.9 Å². The van der Waals surface area contributed by atoms with E-state index in [1.54, 1.807) is 0 Å². The molecule has 6 heteroatoms. The number of rotatable bonds is 9. The van der Waals surface area contributed by atoms with E-state index in [9.17, 15) is 19.5 Å². The number of hydrogen-bond acceptors (Lipinski definition) is 4. The van der Waals surface area contributed by atoms with Crippen LogP contribution in [0.2, 0.25) is 0 Å². The van der Waals surface area contributed by atoms with Crippen molar-refractivity contribution in [1.29, 1.82) is 0 Å². The van der Waals surface area contributed by atoms with E-state index in [1.807, 2.05) is 74.5 Å². The summed E-state index contributed by atoms with van der Waals surface area (Å²) in [6.07, 6.45) is 1.14. The molecule has 0 spiro atoms. The van der Waals surface area contributed by atoms with E-state index in [0.29, 0.717) is 18.5 Å². The Morgan fingerprint density at radius 1 is 0.697 bits per heavy atom. The summed E-state index contributed by atoms with van der Waals surface area (Å²) in [5.74, 6) is -2.70. The summed E-state index contributed by atoms with van der Waals surface area (Å²) in [6, 6.07) is 22.9. The molecular formula is C27H27N2O4-. The van der Waals surface area contributed by atoms with Gasteiger partial charge in [-0.05, 0) is 41.7 Å². The maximum Gasteiger partial charge on any atom is 0.231 e. The van der Waals surface area contributed by atoms with Crippen LogP contribution in [0.25, 0.3) is 0 Å². The van der Waals surface area contributed by atoms with Crippen molar-refractivity contribution in [3.05, 3.63) is 95.6 Å². The van der Waals surface area contributed by atoms with Crippen LogP contribution in [0, 0.1) is 0 Å². The van der Waals surface area contributed by atoms with Gasteiger partial charge in [-0.1, -0.05) is 80.6 Å². The highest BCUT2D eigenvalue weighted by atomic mass is 16.4. The third kappa shape index (κ3) is 5.86. The minimum absolute atomic E-state index is 0.0915. The average Bonchev–Trinajstić information content (AvgIpc) is 2.82. The highest BCUT2D eigenvalue weighted by Gasteiger charge is 2.22. The van der Waals surface area contributed by atoms with Gasteiger partial charge in [0.05, 0.1) is 29.2 Å². The fourth-order valence-corrected chi connectivity index (χ4v) is 3.84. The van der Waals surface area contributed by atoms with E-state index >= 15 is 0 Å². The molecule has 170 valence electrons. The molecule has 0 aliphatic rings. The number of carbonyl (C=O) groups is 3. The van der Waals surface area contributed by atoms with Gasteiger partial charge in [0.1, 0.15) is 0 Å². The van der Waals surface area contributed by atoms with Gasteiger partial charge in [0, 0.05) is 0 Å². The highest BCUT2D eigenvalue weighted by molar-refractivity contribution is 6.04. The lowest BCUT2D eigenvalue weighted by Gasteiger charge is -2.20. The Balaban J connectivity index is 1.89. The van der Waals surface area contributed by atoms with E-state index in [4.69, 9.17) is 0 Å². The maximum atomic E-state index is 13.1. The summed E-state index contributed by atoms with van der Waals surface area (Å²) in [5.41, 5.74) is 2.19. The van der Waals surface area contributed by atoms with E-state index < -0.39 is 11.9 Å². The van der Waals surface area contributed by atoms with Crippen molar-refractivity contribution < 1.29 is 19.5 Å². The van der Waals surface area contributed by atoms with E-state index in [1.165, 1.54) is 18.2 Å². The van der Waals surface area contributed by atoms with Gasteiger partial charge >= 0.3 is 0 Å². The van der Waals surface area contributed by atoms with Crippen LogP contribution >= 0.6 is 0 Å². The summed E-state index contributed by atoms with van der Waals surface area (Å²) < 4.78 is 0. The lowest BCUT2D eigenvalue weighted by molar-refractivity contribution is -0.255. The molecule has 3 aromatic rings. The first kappa shape index (κ1) is 23.7. The van der Waals surface area contributed by atoms with Gasteiger partial charge in [-0.2, -0.15) is 0 Å². The number of hydrogen-bond donors (Lipinski definition) is 2. The van der Waals surface area contributed by atoms with Gasteiger partial charge in [0.2, 0.25) is 11.8 Å². The van der Waals surface area contributed by atoms with E-state index in [2.05, 4.69) is 10.6 Å². The lowest BCUT2D eigenvalue weighted by atomic mass is 9.95. The van der Waals surface area contributed by atoms with Gasteiger partial charge in [-0.25, -0.2) is 0 Å². The minimum atomic E-state index is -1.37. The van der Waals surface area contributed by atoms with Gasteiger partial charge < -0.3 is 20.5 Å². The van der Waals surface area contributed by atoms with Crippen LogP contribution in [0.4, 0.5) is 11.4 Å². The van der Waals surface area contributed by atoms with Gasteiger partial charge in [-0.3, -0.25) is 9.59 Å². The maximum absolute atomic E-state index is 13.1. The standard InChI is InChI=1S/C27H28N2O4/c1-3-21(18-11-7-5-8-12-18)25(30)28-23-16-15-20(27(32)33)17-24(23)29-26(31)22(4-2)19-13-9-6-10-14-19/h5-17,21-22H,3-4H2,1-2H3,(H,28,30)(H,29,31)(H,32,33)/p-1/t21-,22-/m1/s1. The van der Waals surface area contributed by atoms with Crippen molar-refractivity contribution in [1.82, 2.24) is 0 Å². The lowest BCUT2D eigenvalue weighted by Crippen LogP contribution is -2.26. The molecule has 6 nitrogen and oxygen atoms in total. The Morgan fingerprint density at radius 3 is 1.58 bits per heavy atom. The zero-order chi connectivity index (χ0) is 23.8. The van der Waals surface area contributed by atoms with Crippen molar-refractivity contribution in [3.8, 4) is 0 Å². The first-order valence-electron chi connectivity index (χ1n) is 11.0. The van der Waals surface area contributed by atoms with Crippen LogP contribution in [0.3, 0.4) is 0 Å². The van der Waals surface area contributed by atoms with Crippen molar-refractivity contribution in [2.24, 2.45) is 0 Å². The number of amides is 2. The van der Waals surface area contributed by atoms with Crippen molar-refractivity contribution in [2.45, 2.75) is 38.5 Å². The van der Waals surface area contributed by atoms with Crippen LogP contribution in [-0.4, -0.2) is 17.8 Å². The second-order valence-electron chi connectivity index (χ2n) is 7.77. The summed E-state index contributed by atoms with van der Waals surface area (Å²) in [7, 11) is 0. The average molecular weight is 444 g/mol. The molecular weight excluding hydrogens is 416 g/mol. The molecule has 0 bridgehead atoms. The zero-order valence-corrected chi connectivity index (χ0v) is 18.7. The summed E-state index contributed by atoms with van der Waals surface area (Å²) in [6.45, 7) is 3.83. The molecule has 0 aromatic heterocycles. The van der Waals surface area contributed by atoms with E-state index in [-0.39, 0.29) is 29.0 Å². The number of carboxylic acids is 1. The molecule has 3 aromatic carbocycles. The molecule has 0 heterocycles. The SMILES string of the molecule is CC[C@@H](C(=O)Nc1ccc(C(=O)[O-])cc1NC(=O)[C@H](CC)c1ccccc1)c1ccccc1. The first-order valence-corrected chi connectivity index (χ1v) is 11.0. The normalized spacial score (nSPS) is 12.4. The zero-order valence-electron chi connectivity index (χ0n) is 18.7. The van der Waals surface area contributed by atoms with Crippen molar-refractivity contribution in [3.63, 3.8) is 0 Å². The third-order valence-corrected chi connectivity index (χ3v) is 5.62. The summed E-state index contributed by atoms with van der Waals surface area (Å²) >= 11 is 0. The second kappa shape index (κ2) is 11.1. The Hall–Kier alpha value is -3.93. The fraction of sp³-hybridized carbons (Fsp3) is 0.222. The van der Waals surface area contributed by atoms with Crippen LogP contribution in [0.5, 0.6) is 0 Å². The predicted octanol–water partition coefficient (Wildman–Crippen LogP) is 4.31. The minimum Gasteiger partial charge on any atom is -0.545 e. The number of anilines is 2. The molecule has 0 radical (unpaired) electrons. The Morgan fingerprint density at radius 2 is 1.15 bits per heavy atom. The number of aromatic carboxylic acids is 1. The third-order valence-electron chi connectivity index (χ3n) is 5.62. The van der Waals surface area contributed by atoms with Crippen molar-refractivity contribution in [2.75, 3.05) is 10.6 Å². The molecule has 0 aliphatic heterocycles. The molecule has 0 saturated carbocycles. The first-order chi connectivity index (χ1) is 15.9. The molecule has 0 saturated heterocycles. The Kier molecular flexibility index (Phi) is 7.97. The van der Waals surface area contributed by atoms with Gasteiger partial charge in [0.25, 0.3) is 0 Å². The molecule has 0 aliphatic carbocycles. The monoisotopic (exact) mass is 443 g/mol. The topological polar surface area (TPSA) is 98.3 Å². The second-order valence-corrected chi connectivity index (χ2v) is 7.77. The molecule has 2 amide bonds. The Labute approximate surface area is 193 Å². The van der Waals surface area contributed by atoms with Crippen LogP contribution in [-0.2, 0) is 9.59 Å². The predicted molar refractivity (Wildman–Crippen MR) is 127 cm³/mol. The quantitative estimate of drug-likeness (QED) is 0.515. The number of carboxylic acid groups (broad SMARTS) is 1. The highest BCUT2D eigenvalue weighted by Crippen LogP contribution is 2.29. The molecule has 2 N–H and O–H groups in total. The van der Waals surface area contributed by atoms with Gasteiger partial charge in [0.15, 0.2) is 0 Å².